The molecule has 1 saturated heterocycles. The maximum absolute atomic E-state index is 5.45. The first kappa shape index (κ1) is 11.0. The van der Waals surface area contributed by atoms with E-state index >= 15 is 0 Å². The molecule has 0 radical (unpaired) electrons. The topological polar surface area (TPSA) is 52.0 Å². The number of nitrogens with zero attached hydrogens (tertiary/aromatic N) is 1. The van der Waals surface area contributed by atoms with Crippen LogP contribution in [0.4, 0.5) is 0 Å². The van der Waals surface area contributed by atoms with Crippen LogP contribution in [0.15, 0.2) is 10.7 Å². The number of aromatic nitrogens is 1. The Morgan fingerprint density at radius 3 is 3.20 bits per heavy atom. The number of thioether (sulfide) groups is 1. The first-order valence-corrected chi connectivity index (χ1v) is 6.71. The quantitative estimate of drug-likeness (QED) is 0.857. The number of hydrogen-bond acceptors (Lipinski definition) is 4. The Morgan fingerprint density at radius 1 is 1.53 bits per heavy atom. The van der Waals surface area contributed by atoms with Gasteiger partial charge in [0.1, 0.15) is 6.26 Å². The minimum Gasteiger partial charge on any atom is -0.449 e. The third-order valence-corrected chi connectivity index (χ3v) is 4.08. The van der Waals surface area contributed by atoms with Gasteiger partial charge in [0.25, 0.3) is 0 Å². The minimum atomic E-state index is 0.564. The van der Waals surface area contributed by atoms with Gasteiger partial charge in [-0.05, 0) is 31.6 Å². The van der Waals surface area contributed by atoms with Crippen molar-refractivity contribution in [3.8, 4) is 0 Å². The third-order valence-electron chi connectivity index (χ3n) is 2.67. The van der Waals surface area contributed by atoms with E-state index in [4.69, 9.17) is 10.2 Å². The highest BCUT2D eigenvalue weighted by molar-refractivity contribution is 7.99. The lowest BCUT2D eigenvalue weighted by Gasteiger charge is -2.18. The fourth-order valence-electron chi connectivity index (χ4n) is 1.82. The highest BCUT2D eigenvalue weighted by Crippen LogP contribution is 2.37. The molecule has 2 N–H and O–H groups in total. The van der Waals surface area contributed by atoms with E-state index in [0.717, 1.165) is 24.4 Å². The van der Waals surface area contributed by atoms with Crippen LogP contribution in [0.5, 0.6) is 0 Å². The summed E-state index contributed by atoms with van der Waals surface area (Å²) in [5.41, 5.74) is 6.58. The van der Waals surface area contributed by atoms with Crippen molar-refractivity contribution in [2.45, 2.75) is 37.4 Å². The molecule has 1 atom stereocenters. The summed E-state index contributed by atoms with van der Waals surface area (Å²) in [5.74, 6) is 2.11. The van der Waals surface area contributed by atoms with E-state index < -0.39 is 0 Å². The molecule has 84 valence electrons. The number of nitrogens with two attached hydrogens (primary N) is 1. The van der Waals surface area contributed by atoms with Gasteiger partial charge in [-0.3, -0.25) is 0 Å². The summed E-state index contributed by atoms with van der Waals surface area (Å²) < 4.78 is 5.44. The van der Waals surface area contributed by atoms with Crippen LogP contribution >= 0.6 is 11.8 Å². The van der Waals surface area contributed by atoms with Gasteiger partial charge in [-0.2, -0.15) is 11.8 Å². The van der Waals surface area contributed by atoms with E-state index in [1.165, 1.54) is 25.0 Å². The fourth-order valence-corrected chi connectivity index (χ4v) is 3.08. The van der Waals surface area contributed by atoms with Gasteiger partial charge in [0.05, 0.1) is 10.9 Å². The molecule has 0 saturated carbocycles. The summed E-state index contributed by atoms with van der Waals surface area (Å²) in [7, 11) is 0. The van der Waals surface area contributed by atoms with Crippen molar-refractivity contribution in [1.82, 2.24) is 4.98 Å². The van der Waals surface area contributed by atoms with Gasteiger partial charge in [0.2, 0.25) is 0 Å². The van der Waals surface area contributed by atoms with Crippen molar-refractivity contribution < 1.29 is 4.42 Å². The van der Waals surface area contributed by atoms with Gasteiger partial charge in [0.15, 0.2) is 5.89 Å². The molecule has 1 aromatic rings. The lowest BCUT2D eigenvalue weighted by molar-refractivity contribution is 0.488. The van der Waals surface area contributed by atoms with E-state index in [-0.39, 0.29) is 0 Å². The summed E-state index contributed by atoms with van der Waals surface area (Å²) in [6, 6.07) is 0. The number of hydrogen-bond donors (Lipinski definition) is 1. The molecule has 1 aromatic heterocycles. The Kier molecular flexibility index (Phi) is 4.09. The molecule has 2 rings (SSSR count). The Hall–Kier alpha value is -0.480. The number of rotatable bonds is 4. The number of aryl methyl sites for hydroxylation is 1. The van der Waals surface area contributed by atoms with Crippen LogP contribution in [-0.4, -0.2) is 17.3 Å². The molecular weight excluding hydrogens is 208 g/mol. The van der Waals surface area contributed by atoms with Crippen LogP contribution in [0.2, 0.25) is 0 Å². The molecular formula is C11H18N2OS. The largest absolute Gasteiger partial charge is 0.449 e. The summed E-state index contributed by atoms with van der Waals surface area (Å²) in [6.07, 6.45) is 7.57. The zero-order chi connectivity index (χ0) is 10.5. The van der Waals surface area contributed by atoms with Crippen LogP contribution in [0.3, 0.4) is 0 Å². The second-order valence-electron chi connectivity index (χ2n) is 3.91. The molecule has 0 spiro atoms. The summed E-state index contributed by atoms with van der Waals surface area (Å²) >= 11 is 2.01. The Labute approximate surface area is 94.8 Å². The smallest absolute Gasteiger partial charge is 0.194 e. The predicted molar refractivity (Wildman–Crippen MR) is 62.9 cm³/mol. The predicted octanol–water partition coefficient (Wildman–Crippen LogP) is 2.52. The van der Waals surface area contributed by atoms with Gasteiger partial charge in [-0.15, -0.1) is 0 Å². The monoisotopic (exact) mass is 226 g/mol. The van der Waals surface area contributed by atoms with Gasteiger partial charge < -0.3 is 10.2 Å². The van der Waals surface area contributed by atoms with Gasteiger partial charge in [-0.25, -0.2) is 4.98 Å². The highest BCUT2D eigenvalue weighted by atomic mass is 32.2. The van der Waals surface area contributed by atoms with Crippen molar-refractivity contribution in [2.24, 2.45) is 5.73 Å². The molecule has 0 amide bonds. The van der Waals surface area contributed by atoms with Crippen molar-refractivity contribution in [2.75, 3.05) is 12.3 Å². The van der Waals surface area contributed by atoms with Gasteiger partial charge >= 0.3 is 0 Å². The van der Waals surface area contributed by atoms with E-state index in [1.807, 2.05) is 18.0 Å². The SMILES string of the molecule is NCCCc1nc(C2CCCCS2)co1. The molecule has 1 fully saturated rings. The van der Waals surface area contributed by atoms with Gasteiger partial charge in [0, 0.05) is 6.42 Å². The molecule has 15 heavy (non-hydrogen) atoms. The molecule has 4 heteroatoms. The zero-order valence-corrected chi connectivity index (χ0v) is 9.76. The van der Waals surface area contributed by atoms with Crippen molar-refractivity contribution in [3.63, 3.8) is 0 Å². The third kappa shape index (κ3) is 2.98. The second-order valence-corrected chi connectivity index (χ2v) is 5.22. The zero-order valence-electron chi connectivity index (χ0n) is 8.95. The van der Waals surface area contributed by atoms with Crippen LogP contribution < -0.4 is 5.73 Å². The normalized spacial score (nSPS) is 21.8. The molecule has 1 unspecified atom stereocenters. The maximum atomic E-state index is 5.45. The highest BCUT2D eigenvalue weighted by Gasteiger charge is 2.19. The van der Waals surface area contributed by atoms with Crippen molar-refractivity contribution in [3.05, 3.63) is 17.8 Å². The molecule has 0 aromatic carbocycles. The van der Waals surface area contributed by atoms with Crippen LogP contribution in [-0.2, 0) is 6.42 Å². The minimum absolute atomic E-state index is 0.564. The summed E-state index contributed by atoms with van der Waals surface area (Å²) in [5, 5.41) is 0.564. The van der Waals surface area contributed by atoms with E-state index in [0.29, 0.717) is 11.8 Å². The molecule has 0 aliphatic carbocycles. The van der Waals surface area contributed by atoms with Crippen LogP contribution in [0.25, 0.3) is 0 Å². The first-order chi connectivity index (χ1) is 7.40. The van der Waals surface area contributed by atoms with E-state index in [9.17, 15) is 0 Å². The van der Waals surface area contributed by atoms with Crippen molar-refractivity contribution >= 4 is 11.8 Å². The molecule has 1 aliphatic rings. The molecule has 1 aliphatic heterocycles. The second kappa shape index (κ2) is 5.56. The van der Waals surface area contributed by atoms with Crippen LogP contribution in [0, 0.1) is 0 Å². The maximum Gasteiger partial charge on any atom is 0.194 e. The first-order valence-electron chi connectivity index (χ1n) is 5.66. The lowest BCUT2D eigenvalue weighted by atomic mass is 10.1. The van der Waals surface area contributed by atoms with E-state index in [1.54, 1.807) is 0 Å². The Bertz CT molecular complexity index is 295. The Balaban J connectivity index is 1.93. The fraction of sp³-hybridized carbons (Fsp3) is 0.727. The van der Waals surface area contributed by atoms with Crippen LogP contribution in [0.1, 0.15) is 42.5 Å². The average molecular weight is 226 g/mol. The number of oxazole rings is 1. The molecule has 0 bridgehead atoms. The lowest BCUT2D eigenvalue weighted by Crippen LogP contribution is -2.03. The van der Waals surface area contributed by atoms with Crippen molar-refractivity contribution in [1.29, 1.82) is 0 Å². The van der Waals surface area contributed by atoms with E-state index in [2.05, 4.69) is 4.98 Å². The molecule has 3 nitrogen and oxygen atoms in total. The van der Waals surface area contributed by atoms with Gasteiger partial charge in [-0.1, -0.05) is 6.42 Å². The summed E-state index contributed by atoms with van der Waals surface area (Å²) in [6.45, 7) is 0.704. The summed E-state index contributed by atoms with van der Waals surface area (Å²) in [4.78, 5) is 4.53. The Morgan fingerprint density at radius 2 is 2.47 bits per heavy atom. The molecule has 2 heterocycles. The standard InChI is InChI=1S/C11H18N2OS/c12-6-3-5-11-13-9(8-14-11)10-4-1-2-7-15-10/h8,10H,1-7,12H2. The average Bonchev–Trinajstić information content (AvgIpc) is 2.76.